The maximum atomic E-state index is 12.5. The molecular formula is C15H16BrN3O2. The molecule has 0 unspecified atom stereocenters. The maximum absolute atomic E-state index is 12.5. The van der Waals surface area contributed by atoms with Gasteiger partial charge in [0.2, 0.25) is 0 Å². The van der Waals surface area contributed by atoms with Crippen LogP contribution in [0.25, 0.3) is 10.9 Å². The van der Waals surface area contributed by atoms with Crippen LogP contribution in [0.4, 0.5) is 0 Å². The van der Waals surface area contributed by atoms with E-state index in [4.69, 9.17) is 0 Å². The number of nitrogens with zero attached hydrogens (tertiary/aromatic N) is 2. The quantitative estimate of drug-likeness (QED) is 0.665. The Balaban J connectivity index is 1.86. The van der Waals surface area contributed by atoms with Gasteiger partial charge in [-0.15, -0.1) is 0 Å². The lowest BCUT2D eigenvalue weighted by atomic mass is 10.1. The van der Waals surface area contributed by atoms with E-state index in [1.807, 2.05) is 25.2 Å². The van der Waals surface area contributed by atoms with Crippen LogP contribution in [0.1, 0.15) is 10.4 Å². The number of hydrogen-bond acceptors (Lipinski definition) is 3. The average Bonchev–Trinajstić information content (AvgIpc) is 2.89. The second-order valence-electron chi connectivity index (χ2n) is 5.32. The molecule has 1 amide bonds. The summed E-state index contributed by atoms with van der Waals surface area (Å²) in [5, 5.41) is 0.775. The third kappa shape index (κ3) is 2.73. The number of likely N-dealkylation sites (N-methyl/N-ethyl adjacent to an activating group) is 1. The smallest absolute Gasteiger partial charge is 0.295 e. The highest BCUT2D eigenvalue weighted by Gasteiger charge is 2.27. The molecule has 0 aliphatic carbocycles. The number of rotatable bonds is 2. The van der Waals surface area contributed by atoms with Crippen LogP contribution < -0.4 is 0 Å². The number of carbonyl (C=O) groups is 2. The number of ketones is 1. The van der Waals surface area contributed by atoms with Gasteiger partial charge in [0.25, 0.3) is 11.7 Å². The van der Waals surface area contributed by atoms with E-state index in [0.29, 0.717) is 18.7 Å². The molecule has 0 bridgehead atoms. The minimum Gasteiger partial charge on any atom is -0.360 e. The predicted molar refractivity (Wildman–Crippen MR) is 84.4 cm³/mol. The largest absolute Gasteiger partial charge is 0.360 e. The third-order valence-corrected chi connectivity index (χ3v) is 4.37. The Morgan fingerprint density at radius 2 is 1.90 bits per heavy atom. The van der Waals surface area contributed by atoms with Gasteiger partial charge in [-0.2, -0.15) is 0 Å². The van der Waals surface area contributed by atoms with E-state index in [9.17, 15) is 9.59 Å². The summed E-state index contributed by atoms with van der Waals surface area (Å²) in [6, 6.07) is 5.64. The number of Topliss-reactive ketones (excluding diaryl/α,β-unsaturated/α-hetero) is 1. The van der Waals surface area contributed by atoms with Gasteiger partial charge in [0.15, 0.2) is 0 Å². The molecule has 1 saturated heterocycles. The molecule has 1 aromatic heterocycles. The first-order valence-corrected chi connectivity index (χ1v) is 7.64. The molecule has 6 heteroatoms. The minimum absolute atomic E-state index is 0.413. The average molecular weight is 350 g/mol. The first-order chi connectivity index (χ1) is 10.1. The molecular weight excluding hydrogens is 334 g/mol. The minimum atomic E-state index is -0.441. The van der Waals surface area contributed by atoms with Crippen molar-refractivity contribution in [2.24, 2.45) is 0 Å². The van der Waals surface area contributed by atoms with Crippen molar-refractivity contribution in [3.05, 3.63) is 34.4 Å². The second kappa shape index (κ2) is 5.61. The zero-order chi connectivity index (χ0) is 15.0. The molecule has 0 spiro atoms. The normalized spacial score (nSPS) is 16.4. The van der Waals surface area contributed by atoms with Crippen molar-refractivity contribution >= 4 is 38.5 Å². The highest BCUT2D eigenvalue weighted by molar-refractivity contribution is 9.10. The fourth-order valence-electron chi connectivity index (χ4n) is 2.55. The van der Waals surface area contributed by atoms with Gasteiger partial charge < -0.3 is 14.8 Å². The van der Waals surface area contributed by atoms with Gasteiger partial charge in [-0.1, -0.05) is 15.9 Å². The Labute approximate surface area is 131 Å². The molecule has 2 aromatic rings. The summed E-state index contributed by atoms with van der Waals surface area (Å²) in [5.74, 6) is -0.854. The first-order valence-electron chi connectivity index (χ1n) is 6.85. The van der Waals surface area contributed by atoms with Crippen LogP contribution in [0.5, 0.6) is 0 Å². The van der Waals surface area contributed by atoms with Gasteiger partial charge in [0.1, 0.15) is 0 Å². The Morgan fingerprint density at radius 1 is 1.19 bits per heavy atom. The van der Waals surface area contributed by atoms with E-state index >= 15 is 0 Å². The molecule has 0 atom stereocenters. The number of amides is 1. The fourth-order valence-corrected chi connectivity index (χ4v) is 2.91. The van der Waals surface area contributed by atoms with Crippen molar-refractivity contribution in [2.45, 2.75) is 0 Å². The number of benzene rings is 1. The number of H-pyrrole nitrogens is 1. The highest BCUT2D eigenvalue weighted by Crippen LogP contribution is 2.23. The van der Waals surface area contributed by atoms with Crippen LogP contribution >= 0.6 is 15.9 Å². The lowest BCUT2D eigenvalue weighted by Crippen LogP contribution is -2.49. The number of aromatic amines is 1. The molecule has 0 saturated carbocycles. The summed E-state index contributed by atoms with van der Waals surface area (Å²) in [7, 11) is 2.01. The maximum Gasteiger partial charge on any atom is 0.295 e. The Hall–Kier alpha value is -1.66. The second-order valence-corrected chi connectivity index (χ2v) is 6.23. The van der Waals surface area contributed by atoms with Crippen molar-refractivity contribution in [1.82, 2.24) is 14.8 Å². The molecule has 5 nitrogen and oxygen atoms in total. The highest BCUT2D eigenvalue weighted by atomic mass is 79.9. The zero-order valence-corrected chi connectivity index (χ0v) is 13.3. The number of carbonyl (C=O) groups excluding carboxylic acids is 2. The molecule has 1 aliphatic heterocycles. The van der Waals surface area contributed by atoms with Crippen molar-refractivity contribution in [2.75, 3.05) is 33.2 Å². The van der Waals surface area contributed by atoms with Crippen molar-refractivity contribution < 1.29 is 9.59 Å². The van der Waals surface area contributed by atoms with E-state index in [2.05, 4.69) is 25.8 Å². The van der Waals surface area contributed by atoms with Gasteiger partial charge in [-0.05, 0) is 25.2 Å². The van der Waals surface area contributed by atoms with Gasteiger partial charge in [0.05, 0.1) is 5.56 Å². The third-order valence-electron chi connectivity index (χ3n) is 3.87. The zero-order valence-electron chi connectivity index (χ0n) is 11.7. The number of aromatic nitrogens is 1. The van der Waals surface area contributed by atoms with Gasteiger partial charge in [0, 0.05) is 47.8 Å². The van der Waals surface area contributed by atoms with Crippen LogP contribution in [-0.2, 0) is 4.79 Å². The number of halogens is 1. The SMILES string of the molecule is CN1CCN(C(=O)C(=O)c2c[nH]c3ccc(Br)cc23)CC1. The van der Waals surface area contributed by atoms with E-state index in [1.54, 1.807) is 11.1 Å². The lowest BCUT2D eigenvalue weighted by molar-refractivity contribution is -0.127. The van der Waals surface area contributed by atoms with E-state index < -0.39 is 11.7 Å². The van der Waals surface area contributed by atoms with Crippen molar-refractivity contribution in [3.63, 3.8) is 0 Å². The van der Waals surface area contributed by atoms with Crippen molar-refractivity contribution in [1.29, 1.82) is 0 Å². The van der Waals surface area contributed by atoms with Gasteiger partial charge in [-0.3, -0.25) is 9.59 Å². The van der Waals surface area contributed by atoms with Crippen LogP contribution in [0.15, 0.2) is 28.9 Å². The number of nitrogens with one attached hydrogen (secondary N) is 1. The van der Waals surface area contributed by atoms with Crippen molar-refractivity contribution in [3.8, 4) is 0 Å². The monoisotopic (exact) mass is 349 g/mol. The number of hydrogen-bond donors (Lipinski definition) is 1. The molecule has 1 aliphatic rings. The molecule has 0 radical (unpaired) electrons. The molecule has 3 rings (SSSR count). The van der Waals surface area contributed by atoms with E-state index in [-0.39, 0.29) is 0 Å². The Morgan fingerprint density at radius 3 is 2.62 bits per heavy atom. The summed E-state index contributed by atoms with van der Waals surface area (Å²) in [5.41, 5.74) is 1.29. The topological polar surface area (TPSA) is 56.4 Å². The summed E-state index contributed by atoms with van der Waals surface area (Å²) >= 11 is 3.39. The number of piperazine rings is 1. The van der Waals surface area contributed by atoms with Gasteiger partial charge >= 0.3 is 0 Å². The summed E-state index contributed by atoms with van der Waals surface area (Å²) in [6.45, 7) is 2.82. The van der Waals surface area contributed by atoms with Crippen LogP contribution in [0.3, 0.4) is 0 Å². The lowest BCUT2D eigenvalue weighted by Gasteiger charge is -2.31. The first kappa shape index (κ1) is 14.3. The summed E-state index contributed by atoms with van der Waals surface area (Å²) in [6.07, 6.45) is 1.62. The fraction of sp³-hybridized carbons (Fsp3) is 0.333. The molecule has 110 valence electrons. The standard InChI is InChI=1S/C15H16BrN3O2/c1-18-4-6-19(7-5-18)15(21)14(20)12-9-17-13-3-2-10(16)8-11(12)13/h2-3,8-9,17H,4-7H2,1H3. The Kier molecular flexibility index (Phi) is 3.82. The number of fused-ring (bicyclic) bond motifs is 1. The molecule has 21 heavy (non-hydrogen) atoms. The molecule has 1 N–H and O–H groups in total. The predicted octanol–water partition coefficient (Wildman–Crippen LogP) is 1.89. The molecule has 2 heterocycles. The van der Waals surface area contributed by atoms with E-state index in [1.165, 1.54) is 0 Å². The molecule has 1 aromatic carbocycles. The summed E-state index contributed by atoms with van der Waals surface area (Å²) < 4.78 is 0.885. The Bertz CT molecular complexity index is 702. The van der Waals surface area contributed by atoms with Gasteiger partial charge in [-0.25, -0.2) is 0 Å². The molecule has 1 fully saturated rings. The summed E-state index contributed by atoms with van der Waals surface area (Å²) in [4.78, 5) is 31.7. The van der Waals surface area contributed by atoms with Crippen LogP contribution in [0.2, 0.25) is 0 Å². The van der Waals surface area contributed by atoms with Crippen LogP contribution in [0, 0.1) is 0 Å². The van der Waals surface area contributed by atoms with E-state index in [0.717, 1.165) is 28.5 Å². The van der Waals surface area contributed by atoms with Crippen LogP contribution in [-0.4, -0.2) is 59.7 Å².